The van der Waals surface area contributed by atoms with Crippen molar-refractivity contribution in [3.8, 4) is 5.75 Å². The van der Waals surface area contributed by atoms with Crippen LogP contribution in [0.5, 0.6) is 5.75 Å². The molecule has 0 aromatic heterocycles. The van der Waals surface area contributed by atoms with Crippen LogP contribution in [-0.2, 0) is 4.74 Å². The van der Waals surface area contributed by atoms with Gasteiger partial charge in [-0.25, -0.2) is 0 Å². The summed E-state index contributed by atoms with van der Waals surface area (Å²) in [6, 6.07) is 7.04. The van der Waals surface area contributed by atoms with Gasteiger partial charge in [0, 0.05) is 0 Å². The number of likely N-dealkylation sites (N-methyl/N-ethyl adjacent to an activating group) is 1. The molecule has 0 saturated heterocycles. The van der Waals surface area contributed by atoms with Crippen LogP contribution in [0.25, 0.3) is 0 Å². The van der Waals surface area contributed by atoms with E-state index in [9.17, 15) is 0 Å². The van der Waals surface area contributed by atoms with Gasteiger partial charge in [0.25, 0.3) is 0 Å². The summed E-state index contributed by atoms with van der Waals surface area (Å²) in [6.07, 6.45) is 0. The van der Waals surface area contributed by atoms with E-state index in [1.54, 1.807) is 12.1 Å². The fourth-order valence-electron chi connectivity index (χ4n) is 1.40. The first-order valence-electron chi connectivity index (χ1n) is 4.27. The zero-order chi connectivity index (χ0) is 9.26. The second-order valence-electron chi connectivity index (χ2n) is 3.12. The Balaban J connectivity index is 2.36. The van der Waals surface area contributed by atoms with Crippen LogP contribution in [0.4, 0.5) is 0 Å². The largest absolute Gasteiger partial charge is 0.508 e. The number of nitrogens with zero attached hydrogens (tertiary/aromatic N) is 1. The fourth-order valence-corrected chi connectivity index (χ4v) is 1.40. The van der Waals surface area contributed by atoms with Gasteiger partial charge in [-0.3, -0.25) is 0 Å². The van der Waals surface area contributed by atoms with Crippen molar-refractivity contribution in [3.63, 3.8) is 0 Å². The summed E-state index contributed by atoms with van der Waals surface area (Å²) in [5, 5.41) is 9.10. The molecule has 1 aliphatic heterocycles. The van der Waals surface area contributed by atoms with Crippen LogP contribution < -0.4 is 0 Å². The molecule has 0 spiro atoms. The smallest absolute Gasteiger partial charge is 0.369 e. The van der Waals surface area contributed by atoms with E-state index < -0.39 is 0 Å². The summed E-state index contributed by atoms with van der Waals surface area (Å²) >= 11 is 0. The van der Waals surface area contributed by atoms with Gasteiger partial charge < -0.3 is 9.84 Å². The van der Waals surface area contributed by atoms with Gasteiger partial charge in [-0.2, -0.15) is 4.58 Å². The highest BCUT2D eigenvalue weighted by molar-refractivity contribution is 5.90. The normalized spacial score (nSPS) is 16.1. The highest BCUT2D eigenvalue weighted by Gasteiger charge is 2.21. The summed E-state index contributed by atoms with van der Waals surface area (Å²) in [6.45, 7) is 1.67. The Hall–Kier alpha value is -1.51. The van der Waals surface area contributed by atoms with E-state index in [1.165, 1.54) is 0 Å². The number of hydrogen-bond donors (Lipinski definition) is 1. The first kappa shape index (κ1) is 8.10. The molecule has 0 bridgehead atoms. The third-order valence-corrected chi connectivity index (χ3v) is 2.13. The second kappa shape index (κ2) is 3.09. The molecular weight excluding hydrogens is 166 g/mol. The maximum Gasteiger partial charge on any atom is 0.369 e. The van der Waals surface area contributed by atoms with Gasteiger partial charge in [0.05, 0.1) is 5.56 Å². The van der Waals surface area contributed by atoms with Crippen LogP contribution in [0, 0.1) is 0 Å². The lowest BCUT2D eigenvalue weighted by Crippen LogP contribution is -2.11. The van der Waals surface area contributed by atoms with Gasteiger partial charge in [-0.05, 0) is 24.3 Å². The van der Waals surface area contributed by atoms with Crippen molar-refractivity contribution >= 4 is 5.90 Å². The predicted octanol–water partition coefficient (Wildman–Crippen LogP) is 0.811. The zero-order valence-corrected chi connectivity index (χ0v) is 7.53. The van der Waals surface area contributed by atoms with E-state index in [0.717, 1.165) is 24.6 Å². The van der Waals surface area contributed by atoms with Crippen molar-refractivity contribution in [2.75, 3.05) is 20.2 Å². The van der Waals surface area contributed by atoms with Gasteiger partial charge in [-0.15, -0.1) is 0 Å². The standard InChI is InChI=1S/C10H11NO2/c1-11-6-7-13-10(11)8-2-4-9(12)5-3-8/h2-5H,6-7H2,1H3/p+1. The average molecular weight is 178 g/mol. The van der Waals surface area contributed by atoms with Crippen LogP contribution >= 0.6 is 0 Å². The number of aromatic hydroxyl groups is 1. The van der Waals surface area contributed by atoms with Gasteiger partial charge in [0.1, 0.15) is 12.8 Å². The molecule has 2 rings (SSSR count). The SMILES string of the molecule is C[N+]1=C(c2ccc(O)cc2)OCC1. The van der Waals surface area contributed by atoms with Crippen molar-refractivity contribution in [2.45, 2.75) is 0 Å². The molecule has 0 unspecified atom stereocenters. The Morgan fingerprint density at radius 1 is 1.31 bits per heavy atom. The lowest BCUT2D eigenvalue weighted by molar-refractivity contribution is -0.486. The maximum absolute atomic E-state index is 9.10. The monoisotopic (exact) mass is 178 g/mol. The van der Waals surface area contributed by atoms with Crippen molar-refractivity contribution in [3.05, 3.63) is 29.8 Å². The van der Waals surface area contributed by atoms with E-state index in [-0.39, 0.29) is 5.75 Å². The molecule has 3 heteroatoms. The molecule has 0 atom stereocenters. The Morgan fingerprint density at radius 3 is 2.54 bits per heavy atom. The molecule has 0 saturated carbocycles. The Labute approximate surface area is 76.9 Å². The molecule has 1 N–H and O–H groups in total. The molecule has 0 amide bonds. The zero-order valence-electron chi connectivity index (χ0n) is 7.53. The molecular formula is C10H12NO2+. The van der Waals surface area contributed by atoms with Gasteiger partial charge >= 0.3 is 5.90 Å². The number of benzene rings is 1. The van der Waals surface area contributed by atoms with E-state index >= 15 is 0 Å². The summed E-state index contributed by atoms with van der Waals surface area (Å²) in [5.41, 5.74) is 1.01. The Bertz CT molecular complexity index is 340. The fraction of sp³-hybridized carbons (Fsp3) is 0.300. The Kier molecular flexibility index (Phi) is 1.93. The van der Waals surface area contributed by atoms with Crippen molar-refractivity contribution in [1.29, 1.82) is 0 Å². The minimum absolute atomic E-state index is 0.282. The topological polar surface area (TPSA) is 32.5 Å². The number of hydrogen-bond acceptors (Lipinski definition) is 2. The number of phenols is 1. The number of rotatable bonds is 1. The molecule has 0 aliphatic carbocycles. The molecule has 1 aliphatic rings. The Morgan fingerprint density at radius 2 is 2.00 bits per heavy atom. The van der Waals surface area contributed by atoms with Crippen LogP contribution in [0.3, 0.4) is 0 Å². The third-order valence-electron chi connectivity index (χ3n) is 2.13. The van der Waals surface area contributed by atoms with E-state index in [2.05, 4.69) is 4.58 Å². The third kappa shape index (κ3) is 1.49. The predicted molar refractivity (Wildman–Crippen MR) is 49.2 cm³/mol. The van der Waals surface area contributed by atoms with Crippen LogP contribution in [0.15, 0.2) is 24.3 Å². The molecule has 13 heavy (non-hydrogen) atoms. The molecule has 1 aromatic carbocycles. The maximum atomic E-state index is 9.10. The van der Waals surface area contributed by atoms with Crippen LogP contribution in [0.2, 0.25) is 0 Å². The summed E-state index contributed by atoms with van der Waals surface area (Å²) < 4.78 is 7.51. The molecule has 3 nitrogen and oxygen atoms in total. The van der Waals surface area contributed by atoms with E-state index in [1.807, 2.05) is 19.2 Å². The molecule has 0 radical (unpaired) electrons. The minimum Gasteiger partial charge on any atom is -0.508 e. The lowest BCUT2D eigenvalue weighted by atomic mass is 10.2. The van der Waals surface area contributed by atoms with E-state index in [0.29, 0.717) is 0 Å². The van der Waals surface area contributed by atoms with Crippen molar-refractivity contribution in [1.82, 2.24) is 0 Å². The highest BCUT2D eigenvalue weighted by atomic mass is 16.5. The molecule has 1 aromatic rings. The number of ether oxygens (including phenoxy) is 1. The first-order valence-corrected chi connectivity index (χ1v) is 4.27. The average Bonchev–Trinajstić information content (AvgIpc) is 2.53. The van der Waals surface area contributed by atoms with Gasteiger partial charge in [-0.1, -0.05) is 0 Å². The quantitative estimate of drug-likeness (QED) is 0.645. The van der Waals surface area contributed by atoms with Crippen LogP contribution in [0.1, 0.15) is 5.56 Å². The summed E-state index contributed by atoms with van der Waals surface area (Å²) in [5.74, 6) is 1.17. The van der Waals surface area contributed by atoms with Gasteiger partial charge in [0.15, 0.2) is 13.2 Å². The summed E-state index contributed by atoms with van der Waals surface area (Å²) in [4.78, 5) is 0. The number of phenolic OH excluding ortho intramolecular Hbond substituents is 1. The van der Waals surface area contributed by atoms with Crippen LogP contribution in [-0.4, -0.2) is 35.8 Å². The summed E-state index contributed by atoms with van der Waals surface area (Å²) in [7, 11) is 2.00. The molecule has 68 valence electrons. The van der Waals surface area contributed by atoms with Crippen molar-refractivity contribution < 1.29 is 14.4 Å². The highest BCUT2D eigenvalue weighted by Crippen LogP contribution is 2.12. The van der Waals surface area contributed by atoms with Crippen molar-refractivity contribution in [2.24, 2.45) is 0 Å². The van der Waals surface area contributed by atoms with Gasteiger partial charge in [0.2, 0.25) is 0 Å². The molecule has 1 heterocycles. The lowest BCUT2D eigenvalue weighted by Gasteiger charge is -1.97. The van der Waals surface area contributed by atoms with E-state index in [4.69, 9.17) is 9.84 Å². The molecule has 0 fully saturated rings. The minimum atomic E-state index is 0.282. The second-order valence-corrected chi connectivity index (χ2v) is 3.12. The first-order chi connectivity index (χ1) is 6.27.